The zero-order valence-electron chi connectivity index (χ0n) is 12.1. The first-order valence-corrected chi connectivity index (χ1v) is 8.45. The Labute approximate surface area is 120 Å². The third-order valence-corrected chi connectivity index (χ3v) is 5.17. The van der Waals surface area contributed by atoms with Crippen LogP contribution in [0.1, 0.15) is 42.3 Å². The fourth-order valence-electron chi connectivity index (χ4n) is 3.20. The fraction of sp³-hybridized carbons (Fsp3) is 0.800. The van der Waals surface area contributed by atoms with Gasteiger partial charge in [0.15, 0.2) is 0 Å². The molecule has 2 aliphatic rings. The van der Waals surface area contributed by atoms with Crippen LogP contribution in [0, 0.1) is 5.92 Å². The molecule has 0 saturated carbocycles. The van der Waals surface area contributed by atoms with Gasteiger partial charge in [-0.3, -0.25) is 4.90 Å². The molecule has 3 nitrogen and oxygen atoms in total. The summed E-state index contributed by atoms with van der Waals surface area (Å²) in [5, 5.41) is 4.93. The van der Waals surface area contributed by atoms with Crippen molar-refractivity contribution in [3.05, 3.63) is 15.6 Å². The summed E-state index contributed by atoms with van der Waals surface area (Å²) < 4.78 is 0. The molecule has 3 rings (SSSR count). The first-order valence-electron chi connectivity index (χ1n) is 7.64. The van der Waals surface area contributed by atoms with E-state index in [1.54, 1.807) is 0 Å². The number of hydrogen-bond donors (Lipinski definition) is 1. The molecule has 1 fully saturated rings. The summed E-state index contributed by atoms with van der Waals surface area (Å²) in [4.78, 5) is 8.99. The minimum absolute atomic E-state index is 0.680. The van der Waals surface area contributed by atoms with Gasteiger partial charge in [-0.25, -0.2) is 4.98 Å². The topological polar surface area (TPSA) is 28.2 Å². The van der Waals surface area contributed by atoms with Crippen molar-refractivity contribution in [1.82, 2.24) is 15.2 Å². The highest BCUT2D eigenvalue weighted by atomic mass is 32.1. The SMILES string of the molecule is CC(C)CN1CCc2nc(CC3CCCN3)sc2C1. The lowest BCUT2D eigenvalue weighted by Crippen LogP contribution is -2.32. The third-order valence-electron chi connectivity index (χ3n) is 4.06. The average molecular weight is 279 g/mol. The predicted octanol–water partition coefficient (Wildman–Crippen LogP) is 2.45. The molecule has 1 unspecified atom stereocenters. The molecule has 1 saturated heterocycles. The standard InChI is InChI=1S/C15H25N3S/c1-11(2)9-18-7-5-13-14(10-18)19-15(17-13)8-12-4-3-6-16-12/h11-12,16H,3-10H2,1-2H3. The number of hydrogen-bond acceptors (Lipinski definition) is 4. The van der Waals surface area contributed by atoms with Gasteiger partial charge in [0.05, 0.1) is 10.7 Å². The zero-order chi connectivity index (χ0) is 13.2. The molecule has 2 aliphatic heterocycles. The quantitative estimate of drug-likeness (QED) is 0.917. The third kappa shape index (κ3) is 3.36. The molecule has 0 radical (unpaired) electrons. The summed E-state index contributed by atoms with van der Waals surface area (Å²) in [6.07, 6.45) is 4.94. The van der Waals surface area contributed by atoms with E-state index in [1.807, 2.05) is 11.3 Å². The second kappa shape index (κ2) is 5.90. The number of rotatable bonds is 4. The molecular weight excluding hydrogens is 254 g/mol. The Morgan fingerprint density at radius 1 is 1.47 bits per heavy atom. The molecule has 1 aromatic rings. The Bertz CT molecular complexity index is 421. The summed E-state index contributed by atoms with van der Waals surface area (Å²) in [6.45, 7) is 9.34. The van der Waals surface area contributed by atoms with Crippen LogP contribution in [0.4, 0.5) is 0 Å². The number of nitrogens with zero attached hydrogens (tertiary/aromatic N) is 2. The van der Waals surface area contributed by atoms with Crippen LogP contribution in [0.5, 0.6) is 0 Å². The van der Waals surface area contributed by atoms with Gasteiger partial charge in [0, 0.05) is 43.4 Å². The lowest BCUT2D eigenvalue weighted by Gasteiger charge is -2.27. The molecule has 4 heteroatoms. The van der Waals surface area contributed by atoms with E-state index in [4.69, 9.17) is 4.98 Å². The Morgan fingerprint density at radius 2 is 2.37 bits per heavy atom. The molecule has 19 heavy (non-hydrogen) atoms. The lowest BCUT2D eigenvalue weighted by atomic mass is 10.1. The van der Waals surface area contributed by atoms with E-state index in [9.17, 15) is 0 Å². The minimum Gasteiger partial charge on any atom is -0.314 e. The lowest BCUT2D eigenvalue weighted by molar-refractivity contribution is 0.228. The van der Waals surface area contributed by atoms with E-state index >= 15 is 0 Å². The molecule has 0 aliphatic carbocycles. The van der Waals surface area contributed by atoms with E-state index in [2.05, 4.69) is 24.1 Å². The molecule has 0 aromatic carbocycles. The molecule has 0 amide bonds. The molecule has 0 spiro atoms. The molecule has 3 heterocycles. The molecule has 1 N–H and O–H groups in total. The average Bonchev–Trinajstić information content (AvgIpc) is 2.97. The summed E-state index contributed by atoms with van der Waals surface area (Å²) in [5.74, 6) is 0.761. The first kappa shape index (κ1) is 13.5. The van der Waals surface area contributed by atoms with E-state index < -0.39 is 0 Å². The summed E-state index contributed by atoms with van der Waals surface area (Å²) in [5.41, 5.74) is 1.39. The second-order valence-electron chi connectivity index (χ2n) is 6.35. The number of thiazole rings is 1. The van der Waals surface area contributed by atoms with E-state index in [0.29, 0.717) is 6.04 Å². The Balaban J connectivity index is 1.63. The van der Waals surface area contributed by atoms with E-state index in [-0.39, 0.29) is 0 Å². The fourth-order valence-corrected chi connectivity index (χ4v) is 4.44. The maximum Gasteiger partial charge on any atom is 0.0947 e. The van der Waals surface area contributed by atoms with Gasteiger partial charge in [-0.2, -0.15) is 0 Å². The Kier molecular flexibility index (Phi) is 4.20. The highest BCUT2D eigenvalue weighted by molar-refractivity contribution is 7.11. The van der Waals surface area contributed by atoms with Crippen molar-refractivity contribution < 1.29 is 0 Å². The smallest absolute Gasteiger partial charge is 0.0947 e. The predicted molar refractivity (Wildman–Crippen MR) is 80.7 cm³/mol. The van der Waals surface area contributed by atoms with E-state index in [0.717, 1.165) is 25.3 Å². The van der Waals surface area contributed by atoms with Crippen molar-refractivity contribution in [3.8, 4) is 0 Å². The summed E-state index contributed by atoms with van der Waals surface area (Å²) >= 11 is 1.96. The maximum absolute atomic E-state index is 4.88. The van der Waals surface area contributed by atoms with Gasteiger partial charge in [-0.05, 0) is 25.3 Å². The van der Waals surface area contributed by atoms with Crippen molar-refractivity contribution >= 4 is 11.3 Å². The second-order valence-corrected chi connectivity index (χ2v) is 7.52. The van der Waals surface area contributed by atoms with Crippen LogP contribution < -0.4 is 5.32 Å². The van der Waals surface area contributed by atoms with Crippen LogP contribution in [-0.2, 0) is 19.4 Å². The molecule has 106 valence electrons. The number of aromatic nitrogens is 1. The molecule has 1 atom stereocenters. The van der Waals surface area contributed by atoms with Gasteiger partial charge in [0.2, 0.25) is 0 Å². The zero-order valence-corrected chi connectivity index (χ0v) is 12.9. The van der Waals surface area contributed by atoms with Gasteiger partial charge in [-0.1, -0.05) is 13.8 Å². The molecular formula is C15H25N3S. The largest absolute Gasteiger partial charge is 0.314 e. The van der Waals surface area contributed by atoms with Crippen molar-refractivity contribution in [3.63, 3.8) is 0 Å². The number of nitrogens with one attached hydrogen (secondary N) is 1. The highest BCUT2D eigenvalue weighted by Gasteiger charge is 2.23. The van der Waals surface area contributed by atoms with Crippen LogP contribution >= 0.6 is 11.3 Å². The van der Waals surface area contributed by atoms with Crippen molar-refractivity contribution in [2.24, 2.45) is 5.92 Å². The van der Waals surface area contributed by atoms with Crippen LogP contribution in [-0.4, -0.2) is 35.6 Å². The molecule has 1 aromatic heterocycles. The van der Waals surface area contributed by atoms with Crippen LogP contribution in [0.25, 0.3) is 0 Å². The highest BCUT2D eigenvalue weighted by Crippen LogP contribution is 2.27. The van der Waals surface area contributed by atoms with Gasteiger partial charge in [-0.15, -0.1) is 11.3 Å². The summed E-state index contributed by atoms with van der Waals surface area (Å²) in [6, 6.07) is 0.680. The van der Waals surface area contributed by atoms with Gasteiger partial charge < -0.3 is 5.32 Å². The van der Waals surface area contributed by atoms with Crippen LogP contribution in [0.3, 0.4) is 0 Å². The Morgan fingerprint density at radius 3 is 3.11 bits per heavy atom. The first-order chi connectivity index (χ1) is 9.20. The Hall–Kier alpha value is -0.450. The normalized spacial score (nSPS) is 24.1. The van der Waals surface area contributed by atoms with Gasteiger partial charge >= 0.3 is 0 Å². The van der Waals surface area contributed by atoms with Gasteiger partial charge in [0.1, 0.15) is 0 Å². The number of fused-ring (bicyclic) bond motifs is 1. The summed E-state index contributed by atoms with van der Waals surface area (Å²) in [7, 11) is 0. The van der Waals surface area contributed by atoms with Crippen molar-refractivity contribution in [2.75, 3.05) is 19.6 Å². The van der Waals surface area contributed by atoms with Crippen molar-refractivity contribution in [2.45, 2.75) is 52.1 Å². The van der Waals surface area contributed by atoms with Crippen molar-refractivity contribution in [1.29, 1.82) is 0 Å². The van der Waals surface area contributed by atoms with Crippen LogP contribution in [0.15, 0.2) is 0 Å². The van der Waals surface area contributed by atoms with E-state index in [1.165, 1.54) is 48.1 Å². The maximum atomic E-state index is 4.88. The van der Waals surface area contributed by atoms with Crippen LogP contribution in [0.2, 0.25) is 0 Å². The molecule has 0 bridgehead atoms. The minimum atomic E-state index is 0.680. The van der Waals surface area contributed by atoms with Gasteiger partial charge in [0.25, 0.3) is 0 Å². The monoisotopic (exact) mass is 279 g/mol.